The first-order chi connectivity index (χ1) is 13.2. The number of rotatable bonds is 4. The minimum absolute atomic E-state index is 0.246. The molecule has 0 bridgehead atoms. The average molecular weight is 374 g/mol. The van der Waals surface area contributed by atoms with E-state index in [1.54, 1.807) is 36.4 Å². The van der Waals surface area contributed by atoms with Gasteiger partial charge in [-0.15, -0.1) is 0 Å². The highest BCUT2D eigenvalue weighted by atomic mass is 35.5. The highest BCUT2D eigenvalue weighted by Crippen LogP contribution is 2.27. The van der Waals surface area contributed by atoms with Gasteiger partial charge in [0.2, 0.25) is 0 Å². The molecule has 132 valence electrons. The summed E-state index contributed by atoms with van der Waals surface area (Å²) in [5.41, 5.74) is 1.11. The SMILES string of the molecule is O=C(Nc1ccc(Oc2ccc3ccccc3c2)cc1)c1ccccc1Cl. The number of carbonyl (C=O) groups excluding carboxylic acids is 1. The minimum Gasteiger partial charge on any atom is -0.457 e. The fourth-order valence-electron chi connectivity index (χ4n) is 2.82. The molecule has 0 aromatic heterocycles. The maximum Gasteiger partial charge on any atom is 0.257 e. The normalized spacial score (nSPS) is 10.6. The quantitative estimate of drug-likeness (QED) is 0.441. The van der Waals surface area contributed by atoms with Crippen molar-refractivity contribution in [1.82, 2.24) is 0 Å². The van der Waals surface area contributed by atoms with Crippen molar-refractivity contribution in [3.8, 4) is 11.5 Å². The third-order valence-electron chi connectivity index (χ3n) is 4.19. The lowest BCUT2D eigenvalue weighted by molar-refractivity contribution is 0.102. The number of halogens is 1. The van der Waals surface area contributed by atoms with Crippen LogP contribution < -0.4 is 10.1 Å². The predicted molar refractivity (Wildman–Crippen MR) is 110 cm³/mol. The topological polar surface area (TPSA) is 38.3 Å². The molecule has 0 aliphatic rings. The summed E-state index contributed by atoms with van der Waals surface area (Å²) in [7, 11) is 0. The second kappa shape index (κ2) is 7.52. The number of amides is 1. The van der Waals surface area contributed by atoms with Gasteiger partial charge in [-0.3, -0.25) is 4.79 Å². The molecule has 3 nitrogen and oxygen atoms in total. The Bertz CT molecular complexity index is 1110. The third-order valence-corrected chi connectivity index (χ3v) is 4.52. The molecule has 4 aromatic rings. The molecular weight excluding hydrogens is 358 g/mol. The van der Waals surface area contributed by atoms with Gasteiger partial charge >= 0.3 is 0 Å². The van der Waals surface area contributed by atoms with E-state index in [1.165, 1.54) is 5.39 Å². The van der Waals surface area contributed by atoms with Gasteiger partial charge in [0, 0.05) is 5.69 Å². The van der Waals surface area contributed by atoms with Crippen LogP contribution in [-0.2, 0) is 0 Å². The van der Waals surface area contributed by atoms with Crippen LogP contribution >= 0.6 is 11.6 Å². The van der Waals surface area contributed by atoms with Crippen LogP contribution in [0.2, 0.25) is 5.02 Å². The summed E-state index contributed by atoms with van der Waals surface area (Å²) < 4.78 is 5.92. The van der Waals surface area contributed by atoms with E-state index in [0.717, 1.165) is 11.1 Å². The number of hydrogen-bond donors (Lipinski definition) is 1. The van der Waals surface area contributed by atoms with E-state index in [9.17, 15) is 4.79 Å². The molecule has 0 saturated carbocycles. The van der Waals surface area contributed by atoms with Gasteiger partial charge in [-0.25, -0.2) is 0 Å². The Labute approximate surface area is 162 Å². The van der Waals surface area contributed by atoms with Crippen LogP contribution in [0.3, 0.4) is 0 Å². The summed E-state index contributed by atoms with van der Waals surface area (Å²) in [5, 5.41) is 5.55. The Hall–Kier alpha value is -3.30. The second-order valence-electron chi connectivity index (χ2n) is 6.07. The van der Waals surface area contributed by atoms with E-state index >= 15 is 0 Å². The third kappa shape index (κ3) is 3.94. The monoisotopic (exact) mass is 373 g/mol. The molecule has 0 aliphatic heterocycles. The standard InChI is InChI=1S/C23H16ClNO2/c24-22-8-4-3-7-21(22)23(26)25-18-10-13-19(14-11-18)27-20-12-9-16-5-1-2-6-17(16)15-20/h1-15H,(H,25,26). The van der Waals surface area contributed by atoms with E-state index in [2.05, 4.69) is 17.4 Å². The van der Waals surface area contributed by atoms with Crippen LogP contribution in [0.1, 0.15) is 10.4 Å². The molecule has 0 aliphatic carbocycles. The van der Waals surface area contributed by atoms with Gasteiger partial charge in [-0.05, 0) is 59.3 Å². The molecule has 4 aromatic carbocycles. The van der Waals surface area contributed by atoms with Crippen molar-refractivity contribution < 1.29 is 9.53 Å². The van der Waals surface area contributed by atoms with Crippen molar-refractivity contribution in [2.75, 3.05) is 5.32 Å². The number of hydrogen-bond acceptors (Lipinski definition) is 2. The molecule has 1 amide bonds. The summed E-state index contributed by atoms with van der Waals surface area (Å²) in [6.07, 6.45) is 0. The Morgan fingerprint density at radius 3 is 2.19 bits per heavy atom. The van der Waals surface area contributed by atoms with E-state index < -0.39 is 0 Å². The molecule has 1 N–H and O–H groups in total. The van der Waals surface area contributed by atoms with E-state index in [1.807, 2.05) is 42.5 Å². The Morgan fingerprint density at radius 2 is 1.41 bits per heavy atom. The van der Waals surface area contributed by atoms with Crippen molar-refractivity contribution >= 4 is 34.0 Å². The summed E-state index contributed by atoms with van der Waals surface area (Å²) >= 11 is 6.06. The van der Waals surface area contributed by atoms with Gasteiger partial charge in [-0.2, -0.15) is 0 Å². The fourth-order valence-corrected chi connectivity index (χ4v) is 3.04. The fraction of sp³-hybridized carbons (Fsp3) is 0. The van der Waals surface area contributed by atoms with Crippen LogP contribution in [0.5, 0.6) is 11.5 Å². The number of benzene rings is 4. The first kappa shape index (κ1) is 17.1. The van der Waals surface area contributed by atoms with Crippen LogP contribution in [0.4, 0.5) is 5.69 Å². The van der Waals surface area contributed by atoms with Gasteiger partial charge in [0.05, 0.1) is 10.6 Å². The maximum atomic E-state index is 12.3. The highest BCUT2D eigenvalue weighted by molar-refractivity contribution is 6.34. The van der Waals surface area contributed by atoms with Crippen molar-refractivity contribution in [1.29, 1.82) is 0 Å². The highest BCUT2D eigenvalue weighted by Gasteiger charge is 2.09. The minimum atomic E-state index is -0.246. The van der Waals surface area contributed by atoms with Crippen molar-refractivity contribution in [2.45, 2.75) is 0 Å². The molecule has 4 heteroatoms. The van der Waals surface area contributed by atoms with Gasteiger partial charge in [0.15, 0.2) is 0 Å². The molecule has 0 radical (unpaired) electrons. The average Bonchev–Trinajstić information content (AvgIpc) is 2.70. The van der Waals surface area contributed by atoms with Crippen LogP contribution in [0.25, 0.3) is 10.8 Å². The van der Waals surface area contributed by atoms with E-state index in [4.69, 9.17) is 16.3 Å². The zero-order chi connectivity index (χ0) is 18.6. The van der Waals surface area contributed by atoms with E-state index in [-0.39, 0.29) is 5.91 Å². The van der Waals surface area contributed by atoms with Crippen LogP contribution in [-0.4, -0.2) is 5.91 Å². The smallest absolute Gasteiger partial charge is 0.257 e. The van der Waals surface area contributed by atoms with Gasteiger partial charge in [0.25, 0.3) is 5.91 Å². The van der Waals surface area contributed by atoms with Crippen LogP contribution in [0, 0.1) is 0 Å². The predicted octanol–water partition coefficient (Wildman–Crippen LogP) is 6.54. The Morgan fingerprint density at radius 1 is 0.741 bits per heavy atom. The summed E-state index contributed by atoms with van der Waals surface area (Å²) in [6.45, 7) is 0. The van der Waals surface area contributed by atoms with Crippen molar-refractivity contribution in [3.63, 3.8) is 0 Å². The maximum absolute atomic E-state index is 12.3. The number of carbonyl (C=O) groups is 1. The van der Waals surface area contributed by atoms with Gasteiger partial charge in [0.1, 0.15) is 11.5 Å². The number of nitrogens with one attached hydrogen (secondary N) is 1. The zero-order valence-corrected chi connectivity index (χ0v) is 15.1. The molecule has 0 unspecified atom stereocenters. The lowest BCUT2D eigenvalue weighted by atomic mass is 10.1. The van der Waals surface area contributed by atoms with E-state index in [0.29, 0.717) is 22.0 Å². The van der Waals surface area contributed by atoms with Crippen molar-refractivity contribution in [3.05, 3.63) is 102 Å². The molecule has 0 fully saturated rings. The van der Waals surface area contributed by atoms with Gasteiger partial charge in [-0.1, -0.05) is 54.1 Å². The number of fused-ring (bicyclic) bond motifs is 1. The summed E-state index contributed by atoms with van der Waals surface area (Å²) in [4.78, 5) is 12.3. The Kier molecular flexibility index (Phi) is 4.77. The largest absolute Gasteiger partial charge is 0.457 e. The summed E-state index contributed by atoms with van der Waals surface area (Å²) in [5.74, 6) is 1.21. The zero-order valence-electron chi connectivity index (χ0n) is 14.4. The second-order valence-corrected chi connectivity index (χ2v) is 6.48. The first-order valence-corrected chi connectivity index (χ1v) is 8.89. The number of ether oxygens (including phenoxy) is 1. The van der Waals surface area contributed by atoms with Crippen LogP contribution in [0.15, 0.2) is 91.0 Å². The molecule has 4 rings (SSSR count). The molecule has 0 atom stereocenters. The lowest BCUT2D eigenvalue weighted by Crippen LogP contribution is -2.12. The molecule has 0 heterocycles. The first-order valence-electron chi connectivity index (χ1n) is 8.52. The molecular formula is C23H16ClNO2. The number of anilines is 1. The van der Waals surface area contributed by atoms with Crippen molar-refractivity contribution in [2.24, 2.45) is 0 Å². The van der Waals surface area contributed by atoms with Gasteiger partial charge < -0.3 is 10.1 Å². The Balaban J connectivity index is 1.47. The lowest BCUT2D eigenvalue weighted by Gasteiger charge is -2.09. The molecule has 0 spiro atoms. The molecule has 27 heavy (non-hydrogen) atoms. The molecule has 0 saturated heterocycles. The summed E-state index contributed by atoms with van der Waals surface area (Å²) in [6, 6.07) is 28.3.